The van der Waals surface area contributed by atoms with E-state index in [0.29, 0.717) is 28.6 Å². The van der Waals surface area contributed by atoms with Gasteiger partial charge >= 0.3 is 0 Å². The number of nitrogens with zero attached hydrogens (tertiary/aromatic N) is 6. The second-order valence-electron chi connectivity index (χ2n) is 9.05. The van der Waals surface area contributed by atoms with Crippen molar-refractivity contribution in [3.05, 3.63) is 124 Å². The van der Waals surface area contributed by atoms with Crippen molar-refractivity contribution in [3.8, 4) is 11.8 Å². The van der Waals surface area contributed by atoms with Crippen LogP contribution in [0.1, 0.15) is 22.6 Å². The number of carbonyl (C=O) groups excluding carboxylic acids is 1. The average molecular weight is 515 g/mol. The van der Waals surface area contributed by atoms with Gasteiger partial charge in [0.25, 0.3) is 11.5 Å². The number of amidine groups is 1. The number of fused-ring (bicyclic) bond motifs is 1. The zero-order chi connectivity index (χ0) is 27.1. The first-order valence-corrected chi connectivity index (χ1v) is 12.2. The predicted octanol–water partition coefficient (Wildman–Crippen LogP) is 4.33. The quantitative estimate of drug-likeness (QED) is 0.357. The van der Waals surface area contributed by atoms with Gasteiger partial charge in [-0.2, -0.15) is 4.98 Å². The van der Waals surface area contributed by atoms with E-state index in [1.165, 1.54) is 15.5 Å². The fraction of sp³-hybridized carbons (Fsp3) is 0.0667. The Morgan fingerprint density at radius 1 is 0.821 bits per heavy atom. The number of carbonyl (C=O) groups is 1. The van der Waals surface area contributed by atoms with Gasteiger partial charge in [-0.15, -0.1) is 0 Å². The number of rotatable bonds is 4. The lowest BCUT2D eigenvalue weighted by Crippen LogP contribution is -2.33. The van der Waals surface area contributed by atoms with E-state index in [9.17, 15) is 14.7 Å². The highest BCUT2D eigenvalue weighted by atomic mass is 16.3. The van der Waals surface area contributed by atoms with E-state index >= 15 is 0 Å². The van der Waals surface area contributed by atoms with E-state index < -0.39 is 5.56 Å². The van der Waals surface area contributed by atoms with Crippen LogP contribution in [0.2, 0.25) is 0 Å². The summed E-state index contributed by atoms with van der Waals surface area (Å²) in [5.74, 6) is 0.273. The summed E-state index contributed by atoms with van der Waals surface area (Å²) >= 11 is 0. The SMILES string of the molecule is Cc1cc(O)nc(-n2c(C)nc3ccc(N4C(=O)/C(=C\c5ccccc5)N=C4c4ccccc4)cc3c2=O)n1. The van der Waals surface area contributed by atoms with Gasteiger partial charge in [0.15, 0.2) is 0 Å². The molecule has 0 spiro atoms. The summed E-state index contributed by atoms with van der Waals surface area (Å²) in [6.07, 6.45) is 1.74. The second-order valence-corrected chi connectivity index (χ2v) is 9.05. The molecule has 0 fully saturated rings. The van der Waals surface area contributed by atoms with Crippen LogP contribution in [0.15, 0.2) is 100 Å². The molecule has 6 rings (SSSR count). The molecule has 0 radical (unpaired) electrons. The Kier molecular flexibility index (Phi) is 5.80. The first-order chi connectivity index (χ1) is 18.9. The summed E-state index contributed by atoms with van der Waals surface area (Å²) in [6.45, 7) is 3.37. The highest BCUT2D eigenvalue weighted by Crippen LogP contribution is 2.29. The van der Waals surface area contributed by atoms with Crippen LogP contribution in [0.5, 0.6) is 5.88 Å². The molecular formula is C30H22N6O3. The molecule has 1 N–H and O–H groups in total. The Morgan fingerprint density at radius 2 is 1.54 bits per heavy atom. The molecule has 9 heteroatoms. The molecule has 0 atom stereocenters. The van der Waals surface area contributed by atoms with Crippen LogP contribution in [0, 0.1) is 13.8 Å². The first-order valence-electron chi connectivity index (χ1n) is 12.2. The van der Waals surface area contributed by atoms with Gasteiger partial charge in [-0.3, -0.25) is 14.5 Å². The number of hydrogen-bond donors (Lipinski definition) is 1. The largest absolute Gasteiger partial charge is 0.493 e. The van der Waals surface area contributed by atoms with Gasteiger partial charge in [0.05, 0.1) is 16.6 Å². The minimum Gasteiger partial charge on any atom is -0.493 e. The molecule has 1 aliphatic heterocycles. The Labute approximate surface area is 223 Å². The molecule has 1 aliphatic rings. The number of amides is 1. The number of aryl methyl sites for hydroxylation is 2. The van der Waals surface area contributed by atoms with Crippen LogP contribution in [0.4, 0.5) is 5.69 Å². The summed E-state index contributed by atoms with van der Waals surface area (Å²) in [5.41, 5.74) is 2.89. The molecule has 0 unspecified atom stereocenters. The van der Waals surface area contributed by atoms with Crippen molar-refractivity contribution < 1.29 is 9.90 Å². The summed E-state index contributed by atoms with van der Waals surface area (Å²) in [6, 6.07) is 25.4. The van der Waals surface area contributed by atoms with Crippen LogP contribution < -0.4 is 10.5 Å². The monoisotopic (exact) mass is 514 g/mol. The number of aromatic hydroxyl groups is 1. The van der Waals surface area contributed by atoms with Crippen molar-refractivity contribution in [2.45, 2.75) is 13.8 Å². The zero-order valence-electron chi connectivity index (χ0n) is 21.1. The lowest BCUT2D eigenvalue weighted by Gasteiger charge is -2.19. The van der Waals surface area contributed by atoms with Gasteiger partial charge in [0.2, 0.25) is 11.8 Å². The zero-order valence-corrected chi connectivity index (χ0v) is 21.1. The number of anilines is 1. The van der Waals surface area contributed by atoms with Crippen LogP contribution in [0.3, 0.4) is 0 Å². The summed E-state index contributed by atoms with van der Waals surface area (Å²) in [7, 11) is 0. The fourth-order valence-electron chi connectivity index (χ4n) is 4.54. The number of hydrogen-bond acceptors (Lipinski definition) is 7. The number of aliphatic imine (C=N–C) groups is 1. The van der Waals surface area contributed by atoms with Crippen LogP contribution in [0.25, 0.3) is 22.9 Å². The highest BCUT2D eigenvalue weighted by Gasteiger charge is 2.33. The molecular weight excluding hydrogens is 492 g/mol. The molecule has 1 amide bonds. The van der Waals surface area contributed by atoms with E-state index in [0.717, 1.165) is 11.1 Å². The molecule has 0 bridgehead atoms. The summed E-state index contributed by atoms with van der Waals surface area (Å²) < 4.78 is 1.25. The van der Waals surface area contributed by atoms with Gasteiger partial charge < -0.3 is 5.11 Å². The maximum atomic E-state index is 13.7. The third-order valence-electron chi connectivity index (χ3n) is 6.30. The van der Waals surface area contributed by atoms with Crippen molar-refractivity contribution in [1.29, 1.82) is 0 Å². The van der Waals surface area contributed by atoms with Crippen molar-refractivity contribution in [2.75, 3.05) is 4.90 Å². The average Bonchev–Trinajstić information content (AvgIpc) is 3.24. The third-order valence-corrected chi connectivity index (χ3v) is 6.30. The van der Waals surface area contributed by atoms with Crippen molar-refractivity contribution >= 4 is 34.4 Å². The maximum absolute atomic E-state index is 13.7. The minimum absolute atomic E-state index is 0.0201. The highest BCUT2D eigenvalue weighted by molar-refractivity contribution is 6.33. The molecule has 0 aliphatic carbocycles. The number of aromatic nitrogens is 4. The molecule has 0 saturated carbocycles. The molecule has 3 heterocycles. The molecule has 5 aromatic rings. The topological polar surface area (TPSA) is 114 Å². The second kappa shape index (κ2) is 9.46. The smallest absolute Gasteiger partial charge is 0.282 e. The molecule has 39 heavy (non-hydrogen) atoms. The van der Waals surface area contributed by atoms with Crippen molar-refractivity contribution in [3.63, 3.8) is 0 Å². The Hall–Kier alpha value is -5.44. The maximum Gasteiger partial charge on any atom is 0.282 e. The van der Waals surface area contributed by atoms with E-state index in [2.05, 4.69) is 15.0 Å². The summed E-state index contributed by atoms with van der Waals surface area (Å²) in [4.78, 5) is 46.5. The van der Waals surface area contributed by atoms with Gasteiger partial charge in [0, 0.05) is 17.3 Å². The normalized spacial score (nSPS) is 14.3. The summed E-state index contributed by atoms with van der Waals surface area (Å²) in [5, 5.41) is 10.3. The van der Waals surface area contributed by atoms with Gasteiger partial charge in [-0.25, -0.2) is 19.5 Å². The molecule has 2 aromatic heterocycles. The third kappa shape index (κ3) is 4.36. The predicted molar refractivity (Wildman–Crippen MR) is 149 cm³/mol. The van der Waals surface area contributed by atoms with Crippen LogP contribution in [-0.2, 0) is 4.79 Å². The molecule has 3 aromatic carbocycles. The van der Waals surface area contributed by atoms with Gasteiger partial charge in [-0.05, 0) is 43.7 Å². The van der Waals surface area contributed by atoms with Crippen molar-refractivity contribution in [2.24, 2.45) is 4.99 Å². The van der Waals surface area contributed by atoms with E-state index in [4.69, 9.17) is 4.99 Å². The molecule has 190 valence electrons. The lowest BCUT2D eigenvalue weighted by atomic mass is 10.1. The van der Waals surface area contributed by atoms with E-state index in [1.54, 1.807) is 38.1 Å². The Morgan fingerprint density at radius 3 is 2.26 bits per heavy atom. The van der Waals surface area contributed by atoms with Crippen LogP contribution >= 0.6 is 0 Å². The van der Waals surface area contributed by atoms with Crippen molar-refractivity contribution in [1.82, 2.24) is 19.5 Å². The standard InChI is InChI=1S/C30H22N6O3/c1-18-15-26(37)34-30(31-18)35-19(2)32-24-14-13-22(17-23(24)28(35)38)36-27(21-11-7-4-8-12-21)33-25(29(36)39)16-20-9-5-3-6-10-20/h3-17H,1-2H3,(H,31,34,37)/b25-16+. The Balaban J connectivity index is 1.52. The van der Waals surface area contributed by atoms with Gasteiger partial charge in [-0.1, -0.05) is 60.7 Å². The fourth-order valence-corrected chi connectivity index (χ4v) is 4.54. The van der Waals surface area contributed by atoms with Gasteiger partial charge in [0.1, 0.15) is 17.4 Å². The molecule has 9 nitrogen and oxygen atoms in total. The Bertz CT molecular complexity index is 1860. The minimum atomic E-state index is -0.422. The molecule has 0 saturated heterocycles. The van der Waals surface area contributed by atoms with Crippen LogP contribution in [-0.4, -0.2) is 36.4 Å². The van der Waals surface area contributed by atoms with E-state index in [-0.39, 0.29) is 28.8 Å². The lowest BCUT2D eigenvalue weighted by molar-refractivity contribution is -0.113. The van der Waals surface area contributed by atoms with E-state index in [1.807, 2.05) is 60.7 Å². The first kappa shape index (κ1) is 23.9. The number of benzene rings is 3.